The predicted molar refractivity (Wildman–Crippen MR) is 151 cm³/mol. The minimum atomic E-state index is -1.92. The highest BCUT2D eigenvalue weighted by atomic mass is 127. The minimum Gasteiger partial charge on any atom is -0.207 e. The van der Waals surface area contributed by atoms with Crippen LogP contribution in [0.3, 0.4) is 0 Å². The summed E-state index contributed by atoms with van der Waals surface area (Å²) in [5.74, 6) is -7.10. The van der Waals surface area contributed by atoms with E-state index in [1.54, 1.807) is 0 Å². The molecule has 0 amide bonds. The zero-order valence-corrected chi connectivity index (χ0v) is 27.3. The summed E-state index contributed by atoms with van der Waals surface area (Å²) >= 11 is -1.99. The SMILES string of the molecule is C.C.CC(C)(C)c1ccc([I+]c2ccc(C(C)(C)C)cc2)cc1.Fc1cc(F)c([I+]c2c(F)cc(F)cc2F)c(F)c1. The molecule has 4 aromatic rings. The summed E-state index contributed by atoms with van der Waals surface area (Å²) in [5.41, 5.74) is 3.31. The second-order valence-corrected chi connectivity index (χ2v) is 16.8. The van der Waals surface area contributed by atoms with Crippen LogP contribution >= 0.6 is 0 Å². The van der Waals surface area contributed by atoms with Gasteiger partial charge >= 0.3 is 42.4 Å². The van der Waals surface area contributed by atoms with Crippen LogP contribution in [0.2, 0.25) is 0 Å². The molecule has 0 nitrogen and oxygen atoms in total. The van der Waals surface area contributed by atoms with Crippen molar-refractivity contribution < 1.29 is 68.8 Å². The highest BCUT2D eigenvalue weighted by molar-refractivity contribution is 5.23. The molecule has 0 bridgehead atoms. The number of halogens is 8. The van der Waals surface area contributed by atoms with Crippen LogP contribution in [-0.4, -0.2) is 0 Å². The lowest BCUT2D eigenvalue weighted by Crippen LogP contribution is -3.62. The summed E-state index contributed by atoms with van der Waals surface area (Å²) in [5, 5.41) is 0. The van der Waals surface area contributed by atoms with Crippen molar-refractivity contribution in [1.82, 2.24) is 0 Å². The Morgan fingerprint density at radius 1 is 0.429 bits per heavy atom. The third kappa shape index (κ3) is 10.6. The van der Waals surface area contributed by atoms with Crippen LogP contribution in [0.4, 0.5) is 26.3 Å². The van der Waals surface area contributed by atoms with Gasteiger partial charge in [-0.05, 0) is 46.2 Å². The third-order valence-electron chi connectivity index (χ3n) is 5.72. The van der Waals surface area contributed by atoms with E-state index in [1.165, 1.54) is 18.3 Å². The summed E-state index contributed by atoms with van der Waals surface area (Å²) in [6.07, 6.45) is 0. The van der Waals surface area contributed by atoms with E-state index in [4.69, 9.17) is 0 Å². The molecule has 0 atom stereocenters. The molecule has 228 valence electrons. The van der Waals surface area contributed by atoms with E-state index in [2.05, 4.69) is 90.1 Å². The smallest absolute Gasteiger partial charge is 0.207 e. The van der Waals surface area contributed by atoms with Crippen LogP contribution < -0.4 is 42.4 Å². The van der Waals surface area contributed by atoms with Gasteiger partial charge in [0.1, 0.15) is 11.6 Å². The van der Waals surface area contributed by atoms with Crippen LogP contribution in [0.1, 0.15) is 67.5 Å². The van der Waals surface area contributed by atoms with Gasteiger partial charge in [-0.1, -0.05) is 80.7 Å². The van der Waals surface area contributed by atoms with Crippen molar-refractivity contribution in [2.24, 2.45) is 0 Å². The minimum absolute atomic E-state index is 0. The lowest BCUT2D eigenvalue weighted by molar-refractivity contribution is -0.609. The average molecular weight is 814 g/mol. The molecule has 0 aliphatic heterocycles. The van der Waals surface area contributed by atoms with Crippen LogP contribution in [-0.2, 0) is 10.8 Å². The van der Waals surface area contributed by atoms with Gasteiger partial charge in [-0.25, -0.2) is 26.3 Å². The highest BCUT2D eigenvalue weighted by Gasteiger charge is 2.33. The average Bonchev–Trinajstić information content (AvgIpc) is 2.82. The van der Waals surface area contributed by atoms with Crippen LogP contribution in [0.5, 0.6) is 0 Å². The van der Waals surface area contributed by atoms with E-state index in [-0.39, 0.29) is 46.9 Å². The molecule has 0 aliphatic carbocycles. The van der Waals surface area contributed by atoms with Crippen molar-refractivity contribution in [3.05, 3.63) is 133 Å². The Balaban J connectivity index is 0.000000403. The third-order valence-corrected chi connectivity index (χ3v) is 11.5. The largest absolute Gasteiger partial charge is 0.370 e. The number of hydrogen-bond donors (Lipinski definition) is 0. The van der Waals surface area contributed by atoms with Gasteiger partial charge in [0.2, 0.25) is 0 Å². The fourth-order valence-electron chi connectivity index (χ4n) is 3.48. The van der Waals surface area contributed by atoms with Gasteiger partial charge in [0.25, 0.3) is 7.14 Å². The molecule has 42 heavy (non-hydrogen) atoms. The molecule has 0 fully saturated rings. The van der Waals surface area contributed by atoms with E-state index in [1.807, 2.05) is 0 Å². The van der Waals surface area contributed by atoms with Crippen molar-refractivity contribution in [3.63, 3.8) is 0 Å². The van der Waals surface area contributed by atoms with Crippen molar-refractivity contribution in [3.8, 4) is 0 Å². The van der Waals surface area contributed by atoms with Gasteiger partial charge in [0.05, 0.1) is 0 Å². The fraction of sp³-hybridized carbons (Fsp3) is 0.294. The highest BCUT2D eigenvalue weighted by Crippen LogP contribution is 2.22. The Hall–Kier alpha value is -2.08. The molecule has 4 rings (SSSR count). The number of benzene rings is 4. The molecule has 0 spiro atoms. The van der Waals surface area contributed by atoms with Crippen molar-refractivity contribution in [2.75, 3.05) is 0 Å². The zero-order chi connectivity index (χ0) is 29.8. The Kier molecular flexibility index (Phi) is 14.1. The summed E-state index contributed by atoms with van der Waals surface area (Å²) in [6, 6.07) is 20.1. The molecule has 8 heteroatoms. The van der Waals surface area contributed by atoms with Crippen molar-refractivity contribution in [2.45, 2.75) is 67.2 Å². The van der Waals surface area contributed by atoms with Crippen LogP contribution in [0, 0.1) is 49.2 Å². The van der Waals surface area contributed by atoms with Gasteiger partial charge in [0.15, 0.2) is 30.4 Å². The van der Waals surface area contributed by atoms with Gasteiger partial charge < -0.3 is 0 Å². The molecule has 4 aromatic carbocycles. The van der Waals surface area contributed by atoms with E-state index < -0.39 is 63.2 Å². The van der Waals surface area contributed by atoms with Gasteiger partial charge in [-0.3, -0.25) is 0 Å². The molecule has 0 aromatic heterocycles. The summed E-state index contributed by atoms with van der Waals surface area (Å²) in [6.45, 7) is 13.6. The molecule has 0 aliphatic rings. The zero-order valence-electron chi connectivity index (χ0n) is 23.0. The Morgan fingerprint density at radius 2 is 0.690 bits per heavy atom. The summed E-state index contributed by atoms with van der Waals surface area (Å²) in [7, 11) is 0. The second kappa shape index (κ2) is 15.6. The van der Waals surface area contributed by atoms with Crippen molar-refractivity contribution >= 4 is 0 Å². The molecule has 0 radical (unpaired) electrons. The maximum absolute atomic E-state index is 13.4. The standard InChI is InChI=1S/C20H26I.C12H4F6I.2CH4/c1-19(2,3)15-7-11-17(12-8-15)21-18-13-9-16(10-14-18)20(4,5)6;13-5-1-7(15)11(8(16)2-5)19-12-9(17)3-6(14)4-10(12)18;;/h7-14H,1-6H3;1-4H;2*1H4/q2*+1;;. The van der Waals surface area contributed by atoms with Crippen molar-refractivity contribution in [1.29, 1.82) is 0 Å². The quantitative estimate of drug-likeness (QED) is 0.125. The molecule has 0 saturated heterocycles. The first-order chi connectivity index (χ1) is 18.5. The second-order valence-electron chi connectivity index (χ2n) is 11.1. The molecule has 0 saturated carbocycles. The molecule has 0 unspecified atom stereocenters. The Bertz CT molecular complexity index is 1290. The van der Waals surface area contributed by atoms with Gasteiger partial charge in [-0.2, -0.15) is 0 Å². The Morgan fingerprint density at radius 3 is 0.929 bits per heavy atom. The predicted octanol–water partition coefficient (Wildman–Crippen LogP) is 4.33. The number of rotatable bonds is 4. The van der Waals surface area contributed by atoms with Gasteiger partial charge in [-0.15, -0.1) is 0 Å². The van der Waals surface area contributed by atoms with Crippen LogP contribution in [0.25, 0.3) is 0 Å². The first-order valence-electron chi connectivity index (χ1n) is 12.3. The topological polar surface area (TPSA) is 0 Å². The molecular formula is C34H38F6I2+2. The van der Waals surface area contributed by atoms with E-state index >= 15 is 0 Å². The monoisotopic (exact) mass is 814 g/mol. The summed E-state index contributed by atoms with van der Waals surface area (Å²) < 4.78 is 80.7. The fourth-order valence-corrected chi connectivity index (χ4v) is 7.83. The maximum atomic E-state index is 13.4. The molecule has 0 heterocycles. The van der Waals surface area contributed by atoms with E-state index in [0.717, 1.165) is 0 Å². The molecular weight excluding hydrogens is 776 g/mol. The molecule has 0 N–H and O–H groups in total. The first kappa shape index (κ1) is 37.9. The van der Waals surface area contributed by atoms with Crippen LogP contribution in [0.15, 0.2) is 72.8 Å². The van der Waals surface area contributed by atoms with E-state index in [0.29, 0.717) is 24.3 Å². The first-order valence-corrected chi connectivity index (χ1v) is 16.7. The van der Waals surface area contributed by atoms with Gasteiger partial charge in [0, 0.05) is 24.3 Å². The summed E-state index contributed by atoms with van der Waals surface area (Å²) in [4.78, 5) is 0. The maximum Gasteiger partial charge on any atom is 0.370 e. The lowest BCUT2D eigenvalue weighted by Gasteiger charge is -2.18. The number of hydrogen-bond acceptors (Lipinski definition) is 0. The Labute approximate surface area is 267 Å². The normalized spacial score (nSPS) is 11.1. The lowest BCUT2D eigenvalue weighted by atomic mass is 9.87. The van der Waals surface area contributed by atoms with E-state index in [9.17, 15) is 26.3 Å².